The molecule has 0 saturated carbocycles. The minimum atomic E-state index is -1.11. The minimum Gasteiger partial charge on any atom is -0.387 e. The standard InChI is InChI=1S/C5H6O4.Hf/c1-3(6)5(8)9-4(2)7;/h1-2H3;. The molecule has 0 aliphatic rings. The van der Waals surface area contributed by atoms with Gasteiger partial charge in [0.2, 0.25) is 5.78 Å². The molecular weight excluding hydrogens is 303 g/mol. The molecule has 10 heavy (non-hydrogen) atoms. The van der Waals surface area contributed by atoms with Crippen LogP contribution in [-0.4, -0.2) is 17.7 Å². The van der Waals surface area contributed by atoms with E-state index in [0.29, 0.717) is 0 Å². The van der Waals surface area contributed by atoms with E-state index in [1.807, 2.05) is 0 Å². The number of esters is 2. The van der Waals surface area contributed by atoms with Crippen molar-refractivity contribution in [3.63, 3.8) is 0 Å². The zero-order valence-corrected chi connectivity index (χ0v) is 9.23. The van der Waals surface area contributed by atoms with Crippen LogP contribution in [0, 0.1) is 0 Å². The molecular formula is C5H6HfO4. The Bertz CT molecular complexity index is 163. The van der Waals surface area contributed by atoms with Gasteiger partial charge >= 0.3 is 11.9 Å². The van der Waals surface area contributed by atoms with E-state index in [1.54, 1.807) is 0 Å². The van der Waals surface area contributed by atoms with Gasteiger partial charge in [0.15, 0.2) is 0 Å². The number of hydrogen-bond acceptors (Lipinski definition) is 4. The van der Waals surface area contributed by atoms with Crippen molar-refractivity contribution in [3.8, 4) is 0 Å². The molecule has 0 atom stereocenters. The number of hydrogen-bond donors (Lipinski definition) is 0. The van der Waals surface area contributed by atoms with Gasteiger partial charge in [0.25, 0.3) is 0 Å². The largest absolute Gasteiger partial charge is 0.387 e. The molecule has 0 aromatic carbocycles. The fourth-order valence-electron chi connectivity index (χ4n) is 0.202. The summed E-state index contributed by atoms with van der Waals surface area (Å²) in [6.45, 7) is 2.09. The maximum atomic E-state index is 10.2. The summed E-state index contributed by atoms with van der Waals surface area (Å²) in [7, 11) is 0. The van der Waals surface area contributed by atoms with Crippen molar-refractivity contribution in [2.24, 2.45) is 0 Å². The van der Waals surface area contributed by atoms with Crippen molar-refractivity contribution in [3.05, 3.63) is 0 Å². The Labute approximate surface area is 76.7 Å². The first-order valence-corrected chi connectivity index (χ1v) is 2.27. The summed E-state index contributed by atoms with van der Waals surface area (Å²) in [4.78, 5) is 30.2. The molecule has 5 heteroatoms. The van der Waals surface area contributed by atoms with Crippen LogP contribution in [0.1, 0.15) is 13.8 Å². The first-order chi connectivity index (χ1) is 4.04. The van der Waals surface area contributed by atoms with E-state index in [2.05, 4.69) is 4.74 Å². The summed E-state index contributed by atoms with van der Waals surface area (Å²) in [6.07, 6.45) is 0. The molecule has 0 bridgehead atoms. The molecule has 0 unspecified atom stereocenters. The van der Waals surface area contributed by atoms with Gasteiger partial charge in [0, 0.05) is 39.7 Å². The zero-order chi connectivity index (χ0) is 7.44. The Kier molecular flexibility index (Phi) is 6.76. The van der Waals surface area contributed by atoms with E-state index in [0.717, 1.165) is 13.8 Å². The van der Waals surface area contributed by atoms with E-state index in [1.165, 1.54) is 0 Å². The fraction of sp³-hybridized carbons (Fsp3) is 0.400. The molecule has 0 heterocycles. The Morgan fingerprint density at radius 3 is 1.60 bits per heavy atom. The third-order valence-corrected chi connectivity index (χ3v) is 0.524. The van der Waals surface area contributed by atoms with Crippen LogP contribution < -0.4 is 0 Å². The molecule has 0 N–H and O–H groups in total. The predicted molar refractivity (Wildman–Crippen MR) is 27.5 cm³/mol. The van der Waals surface area contributed by atoms with E-state index in [4.69, 9.17) is 0 Å². The van der Waals surface area contributed by atoms with Crippen LogP contribution in [0.15, 0.2) is 0 Å². The second-order valence-electron chi connectivity index (χ2n) is 1.44. The van der Waals surface area contributed by atoms with E-state index in [-0.39, 0.29) is 25.8 Å². The summed E-state index contributed by atoms with van der Waals surface area (Å²) >= 11 is 0. The van der Waals surface area contributed by atoms with Crippen molar-refractivity contribution in [2.45, 2.75) is 13.8 Å². The van der Waals surface area contributed by atoms with Gasteiger partial charge in [-0.3, -0.25) is 9.59 Å². The smallest absolute Gasteiger partial charge is 0.381 e. The average Bonchev–Trinajstić information content (AvgIpc) is 1.63. The molecule has 0 aromatic heterocycles. The average molecular weight is 309 g/mol. The van der Waals surface area contributed by atoms with Gasteiger partial charge in [-0.15, -0.1) is 0 Å². The maximum Gasteiger partial charge on any atom is 0.381 e. The molecule has 0 fully saturated rings. The van der Waals surface area contributed by atoms with Crippen LogP contribution >= 0.6 is 0 Å². The first kappa shape index (κ1) is 12.4. The third kappa shape index (κ3) is 5.81. The molecule has 0 aliphatic carbocycles. The topological polar surface area (TPSA) is 60.4 Å². The maximum absolute atomic E-state index is 10.2. The van der Waals surface area contributed by atoms with Crippen molar-refractivity contribution in [2.75, 3.05) is 0 Å². The molecule has 4 nitrogen and oxygen atoms in total. The Morgan fingerprint density at radius 2 is 1.50 bits per heavy atom. The van der Waals surface area contributed by atoms with Gasteiger partial charge in [-0.05, 0) is 0 Å². The third-order valence-electron chi connectivity index (χ3n) is 0.524. The molecule has 0 spiro atoms. The van der Waals surface area contributed by atoms with Gasteiger partial charge in [-0.2, -0.15) is 0 Å². The second kappa shape index (κ2) is 5.46. The van der Waals surface area contributed by atoms with Crippen molar-refractivity contribution >= 4 is 17.7 Å². The molecule has 54 valence electrons. The summed E-state index contributed by atoms with van der Waals surface area (Å²) in [5, 5.41) is 0. The quantitative estimate of drug-likeness (QED) is 0.288. The molecule has 0 aliphatic heterocycles. The van der Waals surface area contributed by atoms with Crippen molar-refractivity contribution in [1.29, 1.82) is 0 Å². The zero-order valence-electron chi connectivity index (χ0n) is 5.63. The van der Waals surface area contributed by atoms with Gasteiger partial charge in [-0.1, -0.05) is 0 Å². The normalized spacial score (nSPS) is 7.40. The van der Waals surface area contributed by atoms with Gasteiger partial charge in [0.05, 0.1) is 0 Å². The van der Waals surface area contributed by atoms with E-state index < -0.39 is 17.7 Å². The van der Waals surface area contributed by atoms with E-state index >= 15 is 0 Å². The van der Waals surface area contributed by atoms with Crippen LogP contribution in [0.25, 0.3) is 0 Å². The van der Waals surface area contributed by atoms with Crippen LogP contribution in [0.3, 0.4) is 0 Å². The van der Waals surface area contributed by atoms with Gasteiger partial charge in [-0.25, -0.2) is 4.79 Å². The van der Waals surface area contributed by atoms with E-state index in [9.17, 15) is 14.4 Å². The summed E-state index contributed by atoms with van der Waals surface area (Å²) < 4.78 is 3.88. The second-order valence-corrected chi connectivity index (χ2v) is 1.44. The Morgan fingerprint density at radius 1 is 1.10 bits per heavy atom. The molecule has 0 radical (unpaired) electrons. The molecule has 0 rings (SSSR count). The number of ether oxygens (including phenoxy) is 1. The number of Topliss-reactive ketones (excluding diaryl/α,β-unsaturated/α-hetero) is 1. The number of ketones is 1. The molecule has 0 aromatic rings. The fourth-order valence-corrected chi connectivity index (χ4v) is 0.202. The minimum absolute atomic E-state index is 0. The van der Waals surface area contributed by atoms with Gasteiger partial charge < -0.3 is 4.74 Å². The van der Waals surface area contributed by atoms with Gasteiger partial charge in [0.1, 0.15) is 0 Å². The van der Waals surface area contributed by atoms with Crippen LogP contribution in [0.4, 0.5) is 0 Å². The summed E-state index contributed by atoms with van der Waals surface area (Å²) in [5.41, 5.74) is 0. The Hall–Kier alpha value is -0.320. The Balaban J connectivity index is 0. The number of carbonyl (C=O) groups excluding carboxylic acids is 3. The summed E-state index contributed by atoms with van der Waals surface area (Å²) in [5.74, 6) is -2.65. The van der Waals surface area contributed by atoms with Crippen LogP contribution in [0.5, 0.6) is 0 Å². The molecule has 0 saturated heterocycles. The first-order valence-electron chi connectivity index (χ1n) is 2.27. The van der Waals surface area contributed by atoms with Crippen LogP contribution in [0.2, 0.25) is 0 Å². The predicted octanol–water partition coefficient (Wildman–Crippen LogP) is -0.337. The SMILES string of the molecule is CC(=O)OC(=O)C(C)=O.[Hf]. The van der Waals surface area contributed by atoms with Crippen LogP contribution in [-0.2, 0) is 45.0 Å². The summed E-state index contributed by atoms with van der Waals surface area (Å²) in [6, 6.07) is 0. The van der Waals surface area contributed by atoms with Crippen molar-refractivity contribution < 1.29 is 45.0 Å². The number of carbonyl (C=O) groups is 3. The monoisotopic (exact) mass is 310 g/mol. The van der Waals surface area contributed by atoms with Crippen molar-refractivity contribution in [1.82, 2.24) is 0 Å². The number of rotatable bonds is 1. The molecule has 0 amide bonds.